The molecule has 2 aromatic rings. The lowest BCUT2D eigenvalue weighted by Gasteiger charge is -1.97. The van der Waals surface area contributed by atoms with Crippen molar-refractivity contribution in [3.8, 4) is 0 Å². The summed E-state index contributed by atoms with van der Waals surface area (Å²) in [5, 5.41) is 2.04. The predicted molar refractivity (Wildman–Crippen MR) is 72.7 cm³/mol. The van der Waals surface area contributed by atoms with Gasteiger partial charge in [0.15, 0.2) is 5.69 Å². The third-order valence-electron chi connectivity index (χ3n) is 2.36. The van der Waals surface area contributed by atoms with Crippen LogP contribution >= 0.6 is 33.9 Å². The SMILES string of the molecule is Cc1csc[n+]1CC(=O)c1ccc(I)cc1.[Br-]. The second kappa shape index (κ2) is 6.61. The van der Waals surface area contributed by atoms with Gasteiger partial charge in [-0.1, -0.05) is 23.5 Å². The number of carbonyl (C=O) groups is 1. The second-order valence-electron chi connectivity index (χ2n) is 3.56. The van der Waals surface area contributed by atoms with Crippen LogP contribution in [0, 0.1) is 10.5 Å². The maximum Gasteiger partial charge on any atom is 0.227 e. The highest BCUT2D eigenvalue weighted by Crippen LogP contribution is 2.08. The van der Waals surface area contributed by atoms with E-state index in [1.807, 2.05) is 46.6 Å². The van der Waals surface area contributed by atoms with Crippen LogP contribution in [0.15, 0.2) is 35.2 Å². The largest absolute Gasteiger partial charge is 1.00 e. The van der Waals surface area contributed by atoms with Crippen molar-refractivity contribution in [2.24, 2.45) is 0 Å². The molecule has 0 aliphatic heterocycles. The van der Waals surface area contributed by atoms with Crippen molar-refractivity contribution >= 4 is 39.7 Å². The molecule has 2 nitrogen and oxygen atoms in total. The van der Waals surface area contributed by atoms with Gasteiger partial charge in [0, 0.05) is 16.1 Å². The lowest BCUT2D eigenvalue weighted by molar-refractivity contribution is -0.684. The van der Waals surface area contributed by atoms with Crippen LogP contribution in [-0.4, -0.2) is 5.78 Å². The molecule has 0 saturated heterocycles. The molecule has 0 amide bonds. The normalized spacial score (nSPS) is 9.76. The summed E-state index contributed by atoms with van der Waals surface area (Å²) >= 11 is 3.85. The van der Waals surface area contributed by atoms with Crippen molar-refractivity contribution in [2.45, 2.75) is 13.5 Å². The summed E-state index contributed by atoms with van der Waals surface area (Å²) in [6, 6.07) is 7.68. The van der Waals surface area contributed by atoms with Gasteiger partial charge >= 0.3 is 0 Å². The number of carbonyl (C=O) groups excluding carboxylic acids is 1. The van der Waals surface area contributed by atoms with E-state index >= 15 is 0 Å². The molecule has 0 aliphatic carbocycles. The Bertz CT molecular complexity index is 509. The Morgan fingerprint density at radius 3 is 2.53 bits per heavy atom. The van der Waals surface area contributed by atoms with E-state index in [0.717, 1.165) is 14.8 Å². The molecule has 0 bridgehead atoms. The fourth-order valence-electron chi connectivity index (χ4n) is 1.40. The second-order valence-corrected chi connectivity index (χ2v) is 5.52. The highest BCUT2D eigenvalue weighted by Gasteiger charge is 2.14. The van der Waals surface area contributed by atoms with Crippen LogP contribution in [-0.2, 0) is 6.54 Å². The van der Waals surface area contributed by atoms with Gasteiger partial charge in [-0.15, -0.1) is 0 Å². The quantitative estimate of drug-likeness (QED) is 0.381. The van der Waals surface area contributed by atoms with Gasteiger partial charge in [0.05, 0.1) is 5.38 Å². The first kappa shape index (κ1) is 14.8. The fraction of sp³-hybridized carbons (Fsp3) is 0.167. The van der Waals surface area contributed by atoms with Crippen molar-refractivity contribution in [1.82, 2.24) is 0 Å². The first-order valence-corrected chi connectivity index (χ1v) is 6.90. The molecule has 1 heterocycles. The monoisotopic (exact) mass is 423 g/mol. The Morgan fingerprint density at radius 2 is 2.00 bits per heavy atom. The minimum absolute atomic E-state index is 0. The molecule has 0 atom stereocenters. The summed E-state index contributed by atoms with van der Waals surface area (Å²) in [5.41, 5.74) is 3.88. The summed E-state index contributed by atoms with van der Waals surface area (Å²) in [6.45, 7) is 2.44. The van der Waals surface area contributed by atoms with Gasteiger partial charge in [0.1, 0.15) is 0 Å². The first-order chi connectivity index (χ1) is 7.66. The average Bonchev–Trinajstić information content (AvgIpc) is 2.65. The van der Waals surface area contributed by atoms with Crippen molar-refractivity contribution in [3.63, 3.8) is 0 Å². The summed E-state index contributed by atoms with van der Waals surface area (Å²) in [4.78, 5) is 12.0. The number of Topliss-reactive ketones (excluding diaryl/α,β-unsaturated/α-hetero) is 1. The Labute approximate surface area is 129 Å². The van der Waals surface area contributed by atoms with E-state index in [9.17, 15) is 4.79 Å². The van der Waals surface area contributed by atoms with Gasteiger partial charge < -0.3 is 17.0 Å². The Kier molecular flexibility index (Phi) is 5.75. The van der Waals surface area contributed by atoms with Gasteiger partial charge in [-0.2, -0.15) is 4.57 Å². The van der Waals surface area contributed by atoms with Crippen LogP contribution < -0.4 is 21.5 Å². The van der Waals surface area contributed by atoms with Gasteiger partial charge in [-0.25, -0.2) is 0 Å². The van der Waals surface area contributed by atoms with Gasteiger partial charge in [0.25, 0.3) is 0 Å². The number of thiazole rings is 1. The van der Waals surface area contributed by atoms with E-state index in [2.05, 4.69) is 22.6 Å². The third kappa shape index (κ3) is 3.86. The summed E-state index contributed by atoms with van der Waals surface area (Å²) in [6.07, 6.45) is 0. The number of hydrogen-bond donors (Lipinski definition) is 0. The minimum atomic E-state index is 0. The summed E-state index contributed by atoms with van der Waals surface area (Å²) < 4.78 is 3.12. The lowest BCUT2D eigenvalue weighted by atomic mass is 10.1. The number of aromatic nitrogens is 1. The highest BCUT2D eigenvalue weighted by molar-refractivity contribution is 14.1. The maximum atomic E-state index is 12.0. The van der Waals surface area contributed by atoms with E-state index in [1.54, 1.807) is 11.3 Å². The molecule has 2 rings (SSSR count). The summed E-state index contributed by atoms with van der Waals surface area (Å²) in [7, 11) is 0. The lowest BCUT2D eigenvalue weighted by Crippen LogP contribution is -3.00. The molecular weight excluding hydrogens is 413 g/mol. The van der Waals surface area contributed by atoms with Gasteiger partial charge in [-0.3, -0.25) is 4.79 Å². The van der Waals surface area contributed by atoms with E-state index in [1.165, 1.54) is 0 Å². The first-order valence-electron chi connectivity index (χ1n) is 4.88. The van der Waals surface area contributed by atoms with Crippen LogP contribution in [0.5, 0.6) is 0 Å². The zero-order chi connectivity index (χ0) is 11.5. The molecule has 5 heteroatoms. The number of nitrogens with zero attached hydrogens (tertiary/aromatic N) is 1. The van der Waals surface area contributed by atoms with Crippen molar-refractivity contribution in [3.05, 3.63) is 50.0 Å². The smallest absolute Gasteiger partial charge is 0.227 e. The highest BCUT2D eigenvalue weighted by atomic mass is 127. The topological polar surface area (TPSA) is 20.9 Å². The third-order valence-corrected chi connectivity index (χ3v) is 3.93. The molecule has 0 fully saturated rings. The minimum Gasteiger partial charge on any atom is -1.00 e. The predicted octanol–water partition coefficient (Wildman–Crippen LogP) is -0.164. The average molecular weight is 424 g/mol. The number of halogens is 2. The van der Waals surface area contributed by atoms with Crippen LogP contribution in [0.4, 0.5) is 0 Å². The number of benzene rings is 1. The zero-order valence-electron chi connectivity index (χ0n) is 9.19. The van der Waals surface area contributed by atoms with E-state index in [4.69, 9.17) is 0 Å². The Hall–Kier alpha value is -0.270. The van der Waals surface area contributed by atoms with Crippen molar-refractivity contribution < 1.29 is 26.3 Å². The van der Waals surface area contributed by atoms with Crippen LogP contribution in [0.1, 0.15) is 16.1 Å². The standard InChI is InChI=1S/C12H11INOS.BrH/c1-9-7-16-8-14(9)6-12(15)10-2-4-11(13)5-3-10;/h2-5,7-8H,6H2,1H3;1H/q+1;/p-1. The number of aryl methyl sites for hydroxylation is 1. The molecule has 0 unspecified atom stereocenters. The number of rotatable bonds is 3. The molecule has 1 aromatic carbocycles. The fourth-order valence-corrected chi connectivity index (χ4v) is 2.54. The van der Waals surface area contributed by atoms with Gasteiger partial charge in [-0.05, 0) is 34.7 Å². The van der Waals surface area contributed by atoms with E-state index in [0.29, 0.717) is 6.54 Å². The molecule has 0 N–H and O–H groups in total. The van der Waals surface area contributed by atoms with Crippen LogP contribution in [0.3, 0.4) is 0 Å². The van der Waals surface area contributed by atoms with Crippen LogP contribution in [0.2, 0.25) is 0 Å². The molecule has 17 heavy (non-hydrogen) atoms. The molecule has 1 aromatic heterocycles. The maximum absolute atomic E-state index is 12.0. The Morgan fingerprint density at radius 1 is 1.35 bits per heavy atom. The van der Waals surface area contributed by atoms with E-state index in [-0.39, 0.29) is 22.8 Å². The van der Waals surface area contributed by atoms with Gasteiger partial charge in [0.2, 0.25) is 17.8 Å². The van der Waals surface area contributed by atoms with Crippen molar-refractivity contribution in [1.29, 1.82) is 0 Å². The molecular formula is C12H11BrINOS. The molecule has 0 spiro atoms. The number of hydrogen-bond acceptors (Lipinski definition) is 2. The molecule has 0 aliphatic rings. The number of ketones is 1. The molecule has 0 saturated carbocycles. The van der Waals surface area contributed by atoms with E-state index < -0.39 is 0 Å². The van der Waals surface area contributed by atoms with Crippen molar-refractivity contribution in [2.75, 3.05) is 0 Å². The molecule has 90 valence electrons. The molecule has 0 radical (unpaired) electrons. The Balaban J connectivity index is 0.00000144. The zero-order valence-corrected chi connectivity index (χ0v) is 13.8. The summed E-state index contributed by atoms with van der Waals surface area (Å²) in [5.74, 6) is 0.155. The van der Waals surface area contributed by atoms with Crippen LogP contribution in [0.25, 0.3) is 0 Å².